The molecule has 5 nitrogen and oxygen atoms in total. The number of rotatable bonds is 1. The molecule has 0 aliphatic heterocycles. The Bertz CT molecular complexity index is 577. The summed E-state index contributed by atoms with van der Waals surface area (Å²) in [4.78, 5) is 10.8. The van der Waals surface area contributed by atoms with Crippen LogP contribution in [0.4, 0.5) is 0 Å². The van der Waals surface area contributed by atoms with Crippen LogP contribution in [0, 0.1) is 11.8 Å². The van der Waals surface area contributed by atoms with Crippen molar-refractivity contribution in [3.8, 4) is 11.8 Å². The van der Waals surface area contributed by atoms with Crippen LogP contribution in [0.2, 0.25) is 0 Å². The predicted molar refractivity (Wildman–Crippen MR) is 57.4 cm³/mol. The summed E-state index contributed by atoms with van der Waals surface area (Å²) in [5, 5.41) is 10.4. The van der Waals surface area contributed by atoms with Gasteiger partial charge in [-0.2, -0.15) is 15.4 Å². The molecule has 0 spiro atoms. The Hall–Kier alpha value is -2.35. The number of hydrogen-bond acceptors (Lipinski definition) is 4. The van der Waals surface area contributed by atoms with Gasteiger partial charge in [0.2, 0.25) is 0 Å². The summed E-state index contributed by atoms with van der Waals surface area (Å²) in [6.07, 6.45) is 0.0906. The van der Waals surface area contributed by atoms with E-state index in [1.165, 1.54) is 7.11 Å². The number of nitrogens with one attached hydrogen (secondary N) is 1. The molecule has 5 heteroatoms. The molecule has 1 aromatic carbocycles. The number of aromatic amines is 1. The molecule has 0 amide bonds. The number of aromatic nitrogens is 3. The number of H-pyrrole nitrogens is 1. The van der Waals surface area contributed by atoms with Crippen molar-refractivity contribution in [2.45, 2.75) is 6.42 Å². The van der Waals surface area contributed by atoms with Crippen molar-refractivity contribution in [1.29, 1.82) is 0 Å². The number of esters is 1. The number of carbonyl (C=O) groups excluding carboxylic acids is 1. The summed E-state index contributed by atoms with van der Waals surface area (Å²) < 4.78 is 4.48. The van der Waals surface area contributed by atoms with Gasteiger partial charge < -0.3 is 4.74 Å². The standard InChI is InChI=1S/C11H9N3O2/c1-16-11(15)4-2-3-8-5-6-9-10(7-8)13-14-12-9/h5-7H,4H2,1H3,(H,12,13,14). The molecular weight excluding hydrogens is 206 g/mol. The molecule has 0 unspecified atom stereocenters. The summed E-state index contributed by atoms with van der Waals surface area (Å²) in [6.45, 7) is 0. The van der Waals surface area contributed by atoms with Crippen LogP contribution in [-0.4, -0.2) is 28.5 Å². The van der Waals surface area contributed by atoms with E-state index >= 15 is 0 Å². The highest BCUT2D eigenvalue weighted by molar-refractivity contribution is 5.76. The molecule has 0 saturated carbocycles. The average Bonchev–Trinajstić information content (AvgIpc) is 2.76. The molecule has 0 aliphatic rings. The number of benzene rings is 1. The van der Waals surface area contributed by atoms with Gasteiger partial charge in [0.1, 0.15) is 17.5 Å². The van der Waals surface area contributed by atoms with E-state index in [9.17, 15) is 4.79 Å². The lowest BCUT2D eigenvalue weighted by atomic mass is 10.2. The third-order valence-electron chi connectivity index (χ3n) is 2.01. The van der Waals surface area contributed by atoms with Gasteiger partial charge in [-0.3, -0.25) is 4.79 Å². The second-order valence-corrected chi connectivity index (χ2v) is 3.08. The Labute approximate surface area is 91.8 Å². The first-order valence-electron chi connectivity index (χ1n) is 4.66. The maximum atomic E-state index is 10.8. The Morgan fingerprint density at radius 3 is 3.06 bits per heavy atom. The van der Waals surface area contributed by atoms with Crippen LogP contribution in [0.3, 0.4) is 0 Å². The van der Waals surface area contributed by atoms with Crippen LogP contribution in [-0.2, 0) is 9.53 Å². The van der Waals surface area contributed by atoms with Crippen LogP contribution < -0.4 is 0 Å². The van der Waals surface area contributed by atoms with Crippen LogP contribution in [0.1, 0.15) is 12.0 Å². The van der Waals surface area contributed by atoms with Gasteiger partial charge in [0.05, 0.1) is 7.11 Å². The van der Waals surface area contributed by atoms with Crippen molar-refractivity contribution in [3.63, 3.8) is 0 Å². The van der Waals surface area contributed by atoms with Crippen molar-refractivity contribution >= 4 is 17.0 Å². The average molecular weight is 215 g/mol. The topological polar surface area (TPSA) is 67.9 Å². The van der Waals surface area contributed by atoms with Crippen molar-refractivity contribution in [1.82, 2.24) is 15.4 Å². The second-order valence-electron chi connectivity index (χ2n) is 3.08. The maximum Gasteiger partial charge on any atom is 0.317 e. The van der Waals surface area contributed by atoms with E-state index in [4.69, 9.17) is 0 Å². The lowest BCUT2D eigenvalue weighted by Crippen LogP contribution is -1.96. The van der Waals surface area contributed by atoms with Crippen molar-refractivity contribution in [2.75, 3.05) is 7.11 Å². The van der Waals surface area contributed by atoms with Gasteiger partial charge in [0.15, 0.2) is 0 Å². The van der Waals surface area contributed by atoms with Gasteiger partial charge in [-0.05, 0) is 18.2 Å². The van der Waals surface area contributed by atoms with Gasteiger partial charge in [0, 0.05) is 5.56 Å². The van der Waals surface area contributed by atoms with E-state index in [-0.39, 0.29) is 12.4 Å². The molecule has 1 aromatic heterocycles. The first-order chi connectivity index (χ1) is 7.79. The fourth-order valence-electron chi connectivity index (χ4n) is 1.21. The largest absolute Gasteiger partial charge is 0.468 e. The minimum absolute atomic E-state index is 0.0906. The Kier molecular flexibility index (Phi) is 2.83. The summed E-state index contributed by atoms with van der Waals surface area (Å²) >= 11 is 0. The quantitative estimate of drug-likeness (QED) is 0.566. The van der Waals surface area contributed by atoms with Crippen molar-refractivity contribution in [3.05, 3.63) is 23.8 Å². The molecule has 0 saturated heterocycles. The molecule has 1 N–H and O–H groups in total. The summed E-state index contributed by atoms with van der Waals surface area (Å²) in [5.41, 5.74) is 2.34. The third kappa shape index (κ3) is 2.17. The lowest BCUT2D eigenvalue weighted by molar-refractivity contribution is -0.139. The van der Waals surface area contributed by atoms with Crippen molar-refractivity contribution in [2.24, 2.45) is 0 Å². The van der Waals surface area contributed by atoms with Gasteiger partial charge in [0.25, 0.3) is 0 Å². The number of nitrogens with zero attached hydrogens (tertiary/aromatic N) is 2. The number of carbonyl (C=O) groups is 1. The van der Waals surface area contributed by atoms with Crippen LogP contribution in [0.5, 0.6) is 0 Å². The summed E-state index contributed by atoms with van der Waals surface area (Å²) in [5.74, 6) is 5.25. The Morgan fingerprint density at radius 1 is 1.44 bits per heavy atom. The fraction of sp³-hybridized carbons (Fsp3) is 0.182. The number of fused-ring (bicyclic) bond motifs is 1. The van der Waals surface area contributed by atoms with Crippen LogP contribution >= 0.6 is 0 Å². The molecule has 0 atom stereocenters. The maximum absolute atomic E-state index is 10.8. The van der Waals surface area contributed by atoms with E-state index in [1.807, 2.05) is 18.2 Å². The van der Waals surface area contributed by atoms with E-state index in [2.05, 4.69) is 32.0 Å². The predicted octanol–water partition coefficient (Wildman–Crippen LogP) is 0.872. The highest BCUT2D eigenvalue weighted by Crippen LogP contribution is 2.09. The van der Waals surface area contributed by atoms with Gasteiger partial charge in [-0.15, -0.1) is 0 Å². The second kappa shape index (κ2) is 4.45. The molecule has 80 valence electrons. The highest BCUT2D eigenvalue weighted by Gasteiger charge is 1.98. The normalized spacial score (nSPS) is 9.56. The first kappa shape index (κ1) is 10.2. The van der Waals surface area contributed by atoms with Crippen LogP contribution in [0.25, 0.3) is 11.0 Å². The van der Waals surface area contributed by atoms with E-state index in [0.717, 1.165) is 16.6 Å². The fourth-order valence-corrected chi connectivity index (χ4v) is 1.21. The number of methoxy groups -OCH3 is 1. The zero-order chi connectivity index (χ0) is 11.4. The lowest BCUT2D eigenvalue weighted by Gasteiger charge is -1.90. The Morgan fingerprint density at radius 2 is 2.25 bits per heavy atom. The third-order valence-corrected chi connectivity index (χ3v) is 2.01. The molecule has 0 radical (unpaired) electrons. The van der Waals surface area contributed by atoms with Crippen LogP contribution in [0.15, 0.2) is 18.2 Å². The van der Waals surface area contributed by atoms with Gasteiger partial charge >= 0.3 is 5.97 Å². The van der Waals surface area contributed by atoms with Crippen molar-refractivity contribution < 1.29 is 9.53 Å². The zero-order valence-corrected chi connectivity index (χ0v) is 8.65. The van der Waals surface area contributed by atoms with Gasteiger partial charge in [-0.25, -0.2) is 0 Å². The van der Waals surface area contributed by atoms with Gasteiger partial charge in [-0.1, -0.05) is 11.8 Å². The highest BCUT2D eigenvalue weighted by atomic mass is 16.5. The first-order valence-corrected chi connectivity index (χ1v) is 4.66. The molecule has 0 bridgehead atoms. The molecule has 2 aromatic rings. The Balaban J connectivity index is 2.17. The monoisotopic (exact) mass is 215 g/mol. The molecule has 2 rings (SSSR count). The summed E-state index contributed by atoms with van der Waals surface area (Å²) in [6, 6.07) is 5.46. The van der Waals surface area contributed by atoms with E-state index in [1.54, 1.807) is 0 Å². The van der Waals surface area contributed by atoms with E-state index < -0.39 is 0 Å². The zero-order valence-electron chi connectivity index (χ0n) is 8.65. The molecule has 1 heterocycles. The number of ether oxygens (including phenoxy) is 1. The smallest absolute Gasteiger partial charge is 0.317 e. The minimum Gasteiger partial charge on any atom is -0.468 e. The summed E-state index contributed by atoms with van der Waals surface area (Å²) in [7, 11) is 1.34. The molecule has 0 fully saturated rings. The van der Waals surface area contributed by atoms with E-state index in [0.29, 0.717) is 0 Å². The molecular formula is C11H9N3O2. The molecule has 0 aliphatic carbocycles. The SMILES string of the molecule is COC(=O)CC#Cc1ccc2n[nH]nc2c1. The number of hydrogen-bond donors (Lipinski definition) is 1. The molecule has 16 heavy (non-hydrogen) atoms. The minimum atomic E-state index is -0.338.